The summed E-state index contributed by atoms with van der Waals surface area (Å²) in [7, 11) is 0. The first-order valence-corrected chi connectivity index (χ1v) is 7.01. The fraction of sp³-hybridized carbons (Fsp3) is 0.286. The quantitative estimate of drug-likeness (QED) is 0.863. The Bertz CT molecular complexity index is 632. The first-order valence-electron chi connectivity index (χ1n) is 6.22. The van der Waals surface area contributed by atoms with Crippen molar-refractivity contribution >= 4 is 15.9 Å². The number of aromatic nitrogens is 2. The minimum absolute atomic E-state index is 0.0394. The molecule has 0 amide bonds. The van der Waals surface area contributed by atoms with Gasteiger partial charge in [-0.25, -0.2) is 18.7 Å². The lowest BCUT2D eigenvalue weighted by atomic mass is 10.2. The van der Waals surface area contributed by atoms with Crippen molar-refractivity contribution in [3.05, 3.63) is 45.7 Å². The van der Waals surface area contributed by atoms with Crippen LogP contribution in [0.25, 0.3) is 11.4 Å². The van der Waals surface area contributed by atoms with Gasteiger partial charge in [-0.2, -0.15) is 0 Å². The molecule has 0 spiro atoms. The second-order valence-electron chi connectivity index (χ2n) is 4.33. The number of hydrogen-bond donors (Lipinski definition) is 1. The monoisotopic (exact) mass is 341 g/mol. The van der Waals surface area contributed by atoms with Crippen molar-refractivity contribution in [3.8, 4) is 11.4 Å². The van der Waals surface area contributed by atoms with Crippen LogP contribution in [0.4, 0.5) is 8.78 Å². The van der Waals surface area contributed by atoms with Gasteiger partial charge < -0.3 is 5.32 Å². The Morgan fingerprint density at radius 3 is 2.70 bits per heavy atom. The predicted molar refractivity (Wildman–Crippen MR) is 77.2 cm³/mol. The highest BCUT2D eigenvalue weighted by atomic mass is 79.9. The molecule has 0 unspecified atom stereocenters. The number of rotatable bonds is 4. The maximum absolute atomic E-state index is 13.6. The van der Waals surface area contributed by atoms with Crippen LogP contribution in [-0.2, 0) is 6.54 Å². The van der Waals surface area contributed by atoms with Gasteiger partial charge in [0.05, 0.1) is 10.2 Å². The molecule has 6 heteroatoms. The second-order valence-corrected chi connectivity index (χ2v) is 5.12. The molecule has 0 saturated heterocycles. The molecule has 0 aliphatic rings. The fourth-order valence-electron chi connectivity index (χ4n) is 1.80. The smallest absolute Gasteiger partial charge is 0.173 e. The molecule has 0 atom stereocenters. The highest BCUT2D eigenvalue weighted by Gasteiger charge is 2.15. The lowest BCUT2D eigenvalue weighted by Crippen LogP contribution is -2.14. The molecule has 20 heavy (non-hydrogen) atoms. The Balaban J connectivity index is 2.47. The summed E-state index contributed by atoms with van der Waals surface area (Å²) in [4.78, 5) is 8.67. The third-order valence-electron chi connectivity index (χ3n) is 2.74. The van der Waals surface area contributed by atoms with Crippen LogP contribution >= 0.6 is 15.9 Å². The molecule has 2 rings (SSSR count). The summed E-state index contributed by atoms with van der Waals surface area (Å²) in [6, 6.07) is 4.40. The number of aryl methyl sites for hydroxylation is 1. The van der Waals surface area contributed by atoms with E-state index in [4.69, 9.17) is 0 Å². The van der Waals surface area contributed by atoms with E-state index in [1.54, 1.807) is 0 Å². The zero-order chi connectivity index (χ0) is 14.7. The maximum Gasteiger partial charge on any atom is 0.173 e. The number of nitrogens with one attached hydrogen (secondary N) is 1. The summed E-state index contributed by atoms with van der Waals surface area (Å²) in [6.45, 7) is 5.27. The van der Waals surface area contributed by atoms with Gasteiger partial charge in [0, 0.05) is 17.8 Å². The van der Waals surface area contributed by atoms with Crippen molar-refractivity contribution < 1.29 is 8.78 Å². The van der Waals surface area contributed by atoms with E-state index >= 15 is 0 Å². The van der Waals surface area contributed by atoms with Crippen molar-refractivity contribution in [2.24, 2.45) is 0 Å². The summed E-state index contributed by atoms with van der Waals surface area (Å²) >= 11 is 3.06. The molecule has 0 aliphatic carbocycles. The van der Waals surface area contributed by atoms with Crippen LogP contribution < -0.4 is 5.32 Å². The summed E-state index contributed by atoms with van der Waals surface area (Å²) in [6.07, 6.45) is 0. The molecule has 106 valence electrons. The summed E-state index contributed by atoms with van der Waals surface area (Å²) in [5.41, 5.74) is 2.02. The van der Waals surface area contributed by atoms with E-state index < -0.39 is 11.6 Å². The van der Waals surface area contributed by atoms with E-state index in [2.05, 4.69) is 31.2 Å². The van der Waals surface area contributed by atoms with Crippen LogP contribution in [0.2, 0.25) is 0 Å². The van der Waals surface area contributed by atoms with Gasteiger partial charge in [-0.1, -0.05) is 6.92 Å². The van der Waals surface area contributed by atoms with E-state index in [1.165, 1.54) is 6.07 Å². The van der Waals surface area contributed by atoms with Crippen LogP contribution in [0.5, 0.6) is 0 Å². The van der Waals surface area contributed by atoms with E-state index in [1.807, 2.05) is 19.9 Å². The van der Waals surface area contributed by atoms with Gasteiger partial charge in [0.25, 0.3) is 0 Å². The van der Waals surface area contributed by atoms with Crippen molar-refractivity contribution in [1.82, 2.24) is 15.3 Å². The van der Waals surface area contributed by atoms with Crippen LogP contribution in [0, 0.1) is 18.6 Å². The molecule has 1 aromatic heterocycles. The minimum atomic E-state index is -0.930. The first kappa shape index (κ1) is 15.0. The average Bonchev–Trinajstić information content (AvgIpc) is 2.42. The van der Waals surface area contributed by atoms with Crippen LogP contribution in [0.15, 0.2) is 22.7 Å². The largest absolute Gasteiger partial charge is 0.311 e. The SMILES string of the molecule is CCNCc1cc(C)nc(-c2ccc(F)c(F)c2Br)n1. The topological polar surface area (TPSA) is 37.8 Å². The normalized spacial score (nSPS) is 10.8. The Morgan fingerprint density at radius 2 is 2.00 bits per heavy atom. The molecule has 3 nitrogen and oxygen atoms in total. The van der Waals surface area contributed by atoms with Crippen molar-refractivity contribution in [3.63, 3.8) is 0 Å². The van der Waals surface area contributed by atoms with Crippen molar-refractivity contribution in [1.29, 1.82) is 0 Å². The third-order valence-corrected chi connectivity index (χ3v) is 3.51. The van der Waals surface area contributed by atoms with E-state index in [9.17, 15) is 8.78 Å². The highest BCUT2D eigenvalue weighted by molar-refractivity contribution is 9.10. The van der Waals surface area contributed by atoms with Gasteiger partial charge in [0.2, 0.25) is 0 Å². The summed E-state index contributed by atoms with van der Waals surface area (Å²) in [5, 5.41) is 3.17. The van der Waals surface area contributed by atoms with Gasteiger partial charge >= 0.3 is 0 Å². The Morgan fingerprint density at radius 1 is 1.25 bits per heavy atom. The third kappa shape index (κ3) is 3.19. The maximum atomic E-state index is 13.6. The van der Waals surface area contributed by atoms with E-state index in [0.717, 1.165) is 24.0 Å². The van der Waals surface area contributed by atoms with Crippen molar-refractivity contribution in [2.45, 2.75) is 20.4 Å². The van der Waals surface area contributed by atoms with Crippen molar-refractivity contribution in [2.75, 3.05) is 6.54 Å². The predicted octanol–water partition coefficient (Wildman–Crippen LogP) is 3.60. The number of nitrogens with zero attached hydrogens (tertiary/aromatic N) is 2. The Labute approximate surface area is 124 Å². The summed E-state index contributed by atoms with van der Waals surface area (Å²) in [5.74, 6) is -1.45. The molecule has 2 aromatic rings. The van der Waals surface area contributed by atoms with Crippen LogP contribution in [0.1, 0.15) is 18.3 Å². The fourth-order valence-corrected chi connectivity index (χ4v) is 2.30. The number of halogens is 3. The molecular formula is C14H14BrF2N3. The van der Waals surface area contributed by atoms with E-state index in [0.29, 0.717) is 17.9 Å². The Kier molecular flexibility index (Phi) is 4.77. The molecular weight excluding hydrogens is 328 g/mol. The second kappa shape index (κ2) is 6.37. The minimum Gasteiger partial charge on any atom is -0.311 e. The molecule has 1 heterocycles. The lowest BCUT2D eigenvalue weighted by Gasteiger charge is -2.09. The first-order chi connectivity index (χ1) is 9.52. The van der Waals surface area contributed by atoms with Crippen LogP contribution in [-0.4, -0.2) is 16.5 Å². The van der Waals surface area contributed by atoms with Crippen LogP contribution in [0.3, 0.4) is 0 Å². The molecule has 0 fully saturated rings. The highest BCUT2D eigenvalue weighted by Crippen LogP contribution is 2.29. The zero-order valence-corrected chi connectivity index (χ0v) is 12.8. The molecule has 0 saturated carbocycles. The van der Waals surface area contributed by atoms with Gasteiger partial charge in [-0.05, 0) is 47.6 Å². The van der Waals surface area contributed by atoms with Gasteiger partial charge in [0.1, 0.15) is 0 Å². The molecule has 1 N–H and O–H groups in total. The molecule has 0 bridgehead atoms. The zero-order valence-electron chi connectivity index (χ0n) is 11.2. The average molecular weight is 342 g/mol. The van der Waals surface area contributed by atoms with Gasteiger partial charge in [0.15, 0.2) is 17.5 Å². The molecule has 0 aliphatic heterocycles. The number of hydrogen-bond acceptors (Lipinski definition) is 3. The van der Waals surface area contributed by atoms with E-state index in [-0.39, 0.29) is 4.47 Å². The number of benzene rings is 1. The standard InChI is InChI=1S/C14H14BrF2N3/c1-3-18-7-9-6-8(2)19-14(20-9)10-4-5-11(16)13(17)12(10)15/h4-6,18H,3,7H2,1-2H3. The van der Waals surface area contributed by atoms with Gasteiger partial charge in [-0.3, -0.25) is 0 Å². The van der Waals surface area contributed by atoms with Gasteiger partial charge in [-0.15, -0.1) is 0 Å². The molecule has 0 radical (unpaired) electrons. The Hall–Kier alpha value is -1.40. The lowest BCUT2D eigenvalue weighted by molar-refractivity contribution is 0.504. The molecule has 1 aromatic carbocycles. The summed E-state index contributed by atoms with van der Waals surface area (Å²) < 4.78 is 26.8.